The van der Waals surface area contributed by atoms with E-state index in [0.29, 0.717) is 28.2 Å². The number of carbonyl (C=O) groups excluding carboxylic acids is 1. The minimum Gasteiger partial charge on any atom is -0.493 e. The number of carbonyl (C=O) groups is 1. The lowest BCUT2D eigenvalue weighted by molar-refractivity contribution is -0.118. The minimum atomic E-state index is -0.270. The lowest BCUT2D eigenvalue weighted by Crippen LogP contribution is -2.19. The van der Waals surface area contributed by atoms with Crippen LogP contribution in [0.2, 0.25) is 0 Å². The Morgan fingerprint density at radius 3 is 2.66 bits per heavy atom. The number of hydrogen-bond donors (Lipinski definition) is 1. The second-order valence-electron chi connectivity index (χ2n) is 7.02. The van der Waals surface area contributed by atoms with Crippen LogP contribution in [0, 0.1) is 0 Å². The van der Waals surface area contributed by atoms with Crippen molar-refractivity contribution in [2.45, 2.75) is 5.16 Å². The lowest BCUT2D eigenvalue weighted by Gasteiger charge is -2.12. The second kappa shape index (κ2) is 11.7. The summed E-state index contributed by atoms with van der Waals surface area (Å²) in [5, 5.41) is 13.2. The molecule has 0 unspecified atom stereocenters. The van der Waals surface area contributed by atoms with Crippen LogP contribution in [-0.2, 0) is 4.79 Å². The highest BCUT2D eigenvalue weighted by molar-refractivity contribution is 7.99. The fourth-order valence-electron chi connectivity index (χ4n) is 3.17. The first-order valence-electron chi connectivity index (χ1n) is 10.6. The fourth-order valence-corrected chi connectivity index (χ4v) is 3.92. The van der Waals surface area contributed by atoms with E-state index in [4.69, 9.17) is 13.9 Å². The van der Waals surface area contributed by atoms with Gasteiger partial charge in [-0.2, -0.15) is 5.10 Å². The average Bonchev–Trinajstić information content (AvgIpc) is 3.57. The van der Waals surface area contributed by atoms with Gasteiger partial charge in [-0.3, -0.25) is 9.36 Å². The van der Waals surface area contributed by atoms with Gasteiger partial charge < -0.3 is 13.9 Å². The van der Waals surface area contributed by atoms with Crippen molar-refractivity contribution < 1.29 is 18.7 Å². The Labute approximate surface area is 206 Å². The summed E-state index contributed by atoms with van der Waals surface area (Å²) in [6.45, 7) is 0. The molecule has 2 aromatic heterocycles. The van der Waals surface area contributed by atoms with Gasteiger partial charge in [0.25, 0.3) is 5.91 Å². The molecule has 0 fully saturated rings. The standard InChI is InChI=1S/C25H23N5O4S/c1-32-21-13-12-18(16-22(21)33-2)24-28-29-25(30(24)19-8-4-3-5-9-19)35-17-23(31)27-26-14-6-10-20-11-7-15-34-20/h3-16H,17H2,1-2H3,(H,27,31). The van der Waals surface area contributed by atoms with Crippen LogP contribution in [-0.4, -0.2) is 46.9 Å². The van der Waals surface area contributed by atoms with Crippen LogP contribution in [0.4, 0.5) is 0 Å². The number of thioether (sulfide) groups is 1. The first kappa shape index (κ1) is 23.8. The van der Waals surface area contributed by atoms with Gasteiger partial charge in [-0.05, 0) is 54.6 Å². The van der Waals surface area contributed by atoms with E-state index in [2.05, 4.69) is 20.7 Å². The van der Waals surface area contributed by atoms with Gasteiger partial charge >= 0.3 is 0 Å². The van der Waals surface area contributed by atoms with Gasteiger partial charge in [-0.25, -0.2) is 5.43 Å². The Bertz CT molecular complexity index is 1320. The van der Waals surface area contributed by atoms with Crippen LogP contribution in [0.3, 0.4) is 0 Å². The van der Waals surface area contributed by atoms with E-state index in [1.165, 1.54) is 18.0 Å². The Kier molecular flexibility index (Phi) is 7.97. The van der Waals surface area contributed by atoms with Crippen LogP contribution in [0.5, 0.6) is 11.5 Å². The van der Waals surface area contributed by atoms with Gasteiger partial charge in [0.1, 0.15) is 5.76 Å². The third-order valence-corrected chi connectivity index (χ3v) is 5.70. The van der Waals surface area contributed by atoms with Crippen molar-refractivity contribution in [3.05, 3.63) is 78.8 Å². The summed E-state index contributed by atoms with van der Waals surface area (Å²) < 4.78 is 17.9. The van der Waals surface area contributed by atoms with Gasteiger partial charge in [0.05, 0.1) is 26.2 Å². The Hall–Kier alpha value is -4.31. The third kappa shape index (κ3) is 5.98. The summed E-state index contributed by atoms with van der Waals surface area (Å²) in [5.74, 6) is 2.35. The number of nitrogens with zero attached hydrogens (tertiary/aromatic N) is 4. The lowest BCUT2D eigenvalue weighted by atomic mass is 10.2. The van der Waals surface area contributed by atoms with Crippen LogP contribution in [0.1, 0.15) is 5.76 Å². The van der Waals surface area contributed by atoms with Gasteiger partial charge in [0, 0.05) is 17.5 Å². The number of hydrogen-bond acceptors (Lipinski definition) is 8. The van der Waals surface area contributed by atoms with Crippen molar-refractivity contribution in [3.63, 3.8) is 0 Å². The van der Waals surface area contributed by atoms with E-state index in [1.807, 2.05) is 59.2 Å². The average molecular weight is 490 g/mol. The second-order valence-corrected chi connectivity index (χ2v) is 7.97. The normalized spacial score (nSPS) is 11.3. The molecule has 0 saturated carbocycles. The zero-order chi connectivity index (χ0) is 24.5. The van der Waals surface area contributed by atoms with Crippen molar-refractivity contribution in [2.75, 3.05) is 20.0 Å². The number of ether oxygens (including phenoxy) is 2. The maximum atomic E-state index is 12.3. The summed E-state index contributed by atoms with van der Waals surface area (Å²) in [7, 11) is 3.17. The number of hydrazone groups is 1. The van der Waals surface area contributed by atoms with Crippen molar-refractivity contribution in [1.82, 2.24) is 20.2 Å². The number of furan rings is 1. The van der Waals surface area contributed by atoms with E-state index in [9.17, 15) is 4.79 Å². The molecule has 0 aliphatic heterocycles. The molecule has 2 aromatic carbocycles. The zero-order valence-corrected chi connectivity index (χ0v) is 19.9. The minimum absolute atomic E-state index is 0.107. The summed E-state index contributed by atoms with van der Waals surface area (Å²) in [4.78, 5) is 12.3. The Morgan fingerprint density at radius 2 is 1.91 bits per heavy atom. The van der Waals surface area contributed by atoms with E-state index < -0.39 is 0 Å². The van der Waals surface area contributed by atoms with E-state index in [0.717, 1.165) is 11.3 Å². The van der Waals surface area contributed by atoms with Crippen molar-refractivity contribution in [2.24, 2.45) is 5.10 Å². The fraction of sp³-hybridized carbons (Fsp3) is 0.120. The van der Waals surface area contributed by atoms with Crippen molar-refractivity contribution in [3.8, 4) is 28.6 Å². The molecule has 178 valence electrons. The van der Waals surface area contributed by atoms with Crippen LogP contribution >= 0.6 is 11.8 Å². The number of amides is 1. The molecule has 0 spiro atoms. The SMILES string of the molecule is COc1ccc(-c2nnc(SCC(=O)NN=CC=Cc3ccco3)n2-c2ccccc2)cc1OC. The Morgan fingerprint density at radius 1 is 1.09 bits per heavy atom. The highest BCUT2D eigenvalue weighted by Crippen LogP contribution is 2.34. The number of para-hydroxylation sites is 1. The predicted octanol–water partition coefficient (Wildman–Crippen LogP) is 4.45. The summed E-state index contributed by atoms with van der Waals surface area (Å²) in [6, 6.07) is 18.9. The molecule has 0 aliphatic rings. The molecule has 35 heavy (non-hydrogen) atoms. The highest BCUT2D eigenvalue weighted by atomic mass is 32.2. The van der Waals surface area contributed by atoms with Gasteiger partial charge in [-0.15, -0.1) is 10.2 Å². The van der Waals surface area contributed by atoms with Gasteiger partial charge in [-0.1, -0.05) is 30.0 Å². The monoisotopic (exact) mass is 489 g/mol. The predicted molar refractivity (Wildman–Crippen MR) is 135 cm³/mol. The van der Waals surface area contributed by atoms with Crippen molar-refractivity contribution in [1.29, 1.82) is 0 Å². The molecule has 0 aliphatic carbocycles. The molecule has 0 saturated heterocycles. The molecule has 0 bridgehead atoms. The van der Waals surface area contributed by atoms with Crippen LogP contribution < -0.4 is 14.9 Å². The quantitative estimate of drug-likeness (QED) is 0.199. The number of benzene rings is 2. The number of methoxy groups -OCH3 is 2. The van der Waals surface area contributed by atoms with E-state index in [1.54, 1.807) is 38.7 Å². The Balaban J connectivity index is 1.50. The molecule has 4 aromatic rings. The highest BCUT2D eigenvalue weighted by Gasteiger charge is 2.18. The molecule has 1 N–H and O–H groups in total. The summed E-state index contributed by atoms with van der Waals surface area (Å²) in [6.07, 6.45) is 6.48. The topological polar surface area (TPSA) is 104 Å². The summed E-state index contributed by atoms with van der Waals surface area (Å²) >= 11 is 1.26. The molecule has 0 radical (unpaired) electrons. The van der Waals surface area contributed by atoms with Gasteiger partial charge in [0.15, 0.2) is 22.5 Å². The van der Waals surface area contributed by atoms with Crippen LogP contribution in [0.15, 0.2) is 87.7 Å². The maximum Gasteiger partial charge on any atom is 0.250 e. The first-order chi connectivity index (χ1) is 17.2. The van der Waals surface area contributed by atoms with Crippen LogP contribution in [0.25, 0.3) is 23.2 Å². The zero-order valence-electron chi connectivity index (χ0n) is 19.1. The first-order valence-corrected chi connectivity index (χ1v) is 11.6. The smallest absolute Gasteiger partial charge is 0.250 e. The van der Waals surface area contributed by atoms with Gasteiger partial charge in [0.2, 0.25) is 0 Å². The molecule has 10 heteroatoms. The largest absolute Gasteiger partial charge is 0.493 e. The molecule has 1 amide bonds. The number of rotatable bonds is 10. The maximum absolute atomic E-state index is 12.3. The molecule has 9 nitrogen and oxygen atoms in total. The van der Waals surface area contributed by atoms with E-state index >= 15 is 0 Å². The number of aromatic nitrogens is 3. The molecule has 0 atom stereocenters. The molecule has 4 rings (SSSR count). The molecule has 2 heterocycles. The molecular weight excluding hydrogens is 466 g/mol. The summed E-state index contributed by atoms with van der Waals surface area (Å²) in [5.41, 5.74) is 4.16. The van der Waals surface area contributed by atoms with Crippen molar-refractivity contribution >= 4 is 30.0 Å². The number of allylic oxidation sites excluding steroid dienone is 1. The number of nitrogens with one attached hydrogen (secondary N) is 1. The third-order valence-electron chi connectivity index (χ3n) is 4.78. The van der Waals surface area contributed by atoms with E-state index in [-0.39, 0.29) is 11.7 Å². The molecular formula is C25H23N5O4S.